The smallest absolute Gasteiger partial charge is 0.111 e. The van der Waals surface area contributed by atoms with Crippen molar-refractivity contribution in [1.29, 1.82) is 0 Å². The highest BCUT2D eigenvalue weighted by Crippen LogP contribution is 2.11. The molecule has 0 aliphatic carbocycles. The number of aromatic nitrogens is 1. The molecule has 2 aromatic rings. The Hall–Kier alpha value is -1.15. The fraction of sp³-hybridized carbons (Fsp3) is 0. The average Bonchev–Trinajstić information content (AvgIpc) is 2.06. The summed E-state index contributed by atoms with van der Waals surface area (Å²) in [5.74, 6) is 0. The summed E-state index contributed by atoms with van der Waals surface area (Å²) in [6.07, 6.45) is 1.83. The van der Waals surface area contributed by atoms with Crippen LogP contribution in [0.4, 0.5) is 0 Å². The number of pyridine rings is 1. The maximum Gasteiger partial charge on any atom is 0.111 e. The molecule has 0 bridgehead atoms. The molecular formula is C9H6NS. The first-order valence-electron chi connectivity index (χ1n) is 3.36. The molecule has 1 radical (unpaired) electrons. The Morgan fingerprint density at radius 1 is 1.36 bits per heavy atom. The molecule has 0 unspecified atom stereocenters. The zero-order valence-corrected chi connectivity index (χ0v) is 6.61. The summed E-state index contributed by atoms with van der Waals surface area (Å²) in [6, 6.07) is 10.9. The largest absolute Gasteiger partial charge is 0.352 e. The molecule has 11 heavy (non-hydrogen) atoms. The van der Waals surface area contributed by atoms with Gasteiger partial charge < -0.3 is 4.98 Å². The lowest BCUT2D eigenvalue weighted by atomic mass is 10.2. The first-order valence-corrected chi connectivity index (χ1v) is 3.77. The van der Waals surface area contributed by atoms with Crippen LogP contribution in [0.1, 0.15) is 0 Å². The number of H-pyrrole nitrogens is 1. The van der Waals surface area contributed by atoms with Crippen LogP contribution in [0.2, 0.25) is 0 Å². The summed E-state index contributed by atoms with van der Waals surface area (Å²) in [5, 5.41) is 2.13. The number of hydrogen-bond donors (Lipinski definition) is 1. The van der Waals surface area contributed by atoms with Crippen molar-refractivity contribution in [1.82, 2.24) is 4.98 Å². The minimum absolute atomic E-state index is 0.777. The van der Waals surface area contributed by atoms with Gasteiger partial charge in [0.15, 0.2) is 0 Å². The van der Waals surface area contributed by atoms with E-state index in [2.05, 4.69) is 11.1 Å². The van der Waals surface area contributed by atoms with Gasteiger partial charge in [-0.3, -0.25) is 0 Å². The van der Waals surface area contributed by atoms with Crippen molar-refractivity contribution in [3.05, 3.63) is 41.2 Å². The standard InChI is InChI=1S/C9H6NS/c11-9-8-4-2-1-3-7(8)5-6-10-9/h1-2,4-6H,(H,10,11). The lowest BCUT2D eigenvalue weighted by molar-refractivity contribution is 1.33. The zero-order chi connectivity index (χ0) is 7.68. The quantitative estimate of drug-likeness (QED) is 0.586. The predicted octanol–water partition coefficient (Wildman–Crippen LogP) is 2.70. The predicted molar refractivity (Wildman–Crippen MR) is 48.0 cm³/mol. The SMILES string of the molecule is S=c1[nH]ccc2[c]cccc12. The second-order valence-electron chi connectivity index (χ2n) is 2.30. The van der Waals surface area contributed by atoms with E-state index in [0.29, 0.717) is 0 Å². The van der Waals surface area contributed by atoms with Crippen molar-refractivity contribution in [2.75, 3.05) is 0 Å². The molecule has 0 saturated carbocycles. The van der Waals surface area contributed by atoms with Gasteiger partial charge in [-0.05, 0) is 17.5 Å². The molecule has 2 rings (SSSR count). The molecule has 1 aromatic carbocycles. The fourth-order valence-corrected chi connectivity index (χ4v) is 1.31. The van der Waals surface area contributed by atoms with E-state index in [9.17, 15) is 0 Å². The first-order chi connectivity index (χ1) is 5.38. The molecular weight excluding hydrogens is 154 g/mol. The third-order valence-electron chi connectivity index (χ3n) is 1.60. The van der Waals surface area contributed by atoms with E-state index in [1.807, 2.05) is 30.5 Å². The van der Waals surface area contributed by atoms with Crippen molar-refractivity contribution in [3.63, 3.8) is 0 Å². The highest BCUT2D eigenvalue weighted by Gasteiger charge is 1.90. The molecule has 0 atom stereocenters. The van der Waals surface area contributed by atoms with Crippen LogP contribution in [0, 0.1) is 10.7 Å². The summed E-state index contributed by atoms with van der Waals surface area (Å²) in [4.78, 5) is 2.97. The third-order valence-corrected chi connectivity index (χ3v) is 1.93. The number of hydrogen-bond acceptors (Lipinski definition) is 1. The van der Waals surface area contributed by atoms with Gasteiger partial charge in [0, 0.05) is 11.6 Å². The van der Waals surface area contributed by atoms with E-state index < -0.39 is 0 Å². The summed E-state index contributed by atoms with van der Waals surface area (Å²) >= 11 is 5.08. The minimum Gasteiger partial charge on any atom is -0.352 e. The molecule has 0 spiro atoms. The Bertz CT molecular complexity index is 425. The van der Waals surface area contributed by atoms with Gasteiger partial charge in [0.25, 0.3) is 0 Å². The summed E-state index contributed by atoms with van der Waals surface area (Å²) in [5.41, 5.74) is 0. The van der Waals surface area contributed by atoms with E-state index in [-0.39, 0.29) is 0 Å². The second kappa shape index (κ2) is 2.47. The maximum atomic E-state index is 5.08. The topological polar surface area (TPSA) is 15.8 Å². The van der Waals surface area contributed by atoms with Crippen LogP contribution in [0.5, 0.6) is 0 Å². The van der Waals surface area contributed by atoms with E-state index >= 15 is 0 Å². The minimum atomic E-state index is 0.777. The fourth-order valence-electron chi connectivity index (χ4n) is 1.06. The van der Waals surface area contributed by atoms with Gasteiger partial charge in [-0.25, -0.2) is 0 Å². The Labute approximate surface area is 69.7 Å². The molecule has 53 valence electrons. The van der Waals surface area contributed by atoms with Crippen LogP contribution >= 0.6 is 12.2 Å². The van der Waals surface area contributed by atoms with Crippen molar-refractivity contribution in [3.8, 4) is 0 Å². The first kappa shape index (κ1) is 6.55. The van der Waals surface area contributed by atoms with Crippen LogP contribution in [0.15, 0.2) is 30.5 Å². The van der Waals surface area contributed by atoms with E-state index in [4.69, 9.17) is 12.2 Å². The van der Waals surface area contributed by atoms with Crippen LogP contribution in [-0.2, 0) is 0 Å². The second-order valence-corrected chi connectivity index (χ2v) is 2.71. The molecule has 2 heteroatoms. The monoisotopic (exact) mass is 160 g/mol. The number of nitrogens with one attached hydrogen (secondary N) is 1. The molecule has 1 nitrogen and oxygen atoms in total. The Morgan fingerprint density at radius 3 is 3.09 bits per heavy atom. The summed E-state index contributed by atoms with van der Waals surface area (Å²) < 4.78 is 0.777. The third kappa shape index (κ3) is 1.05. The van der Waals surface area contributed by atoms with Gasteiger partial charge in [0.2, 0.25) is 0 Å². The van der Waals surface area contributed by atoms with E-state index in [1.165, 1.54) is 0 Å². The molecule has 0 fully saturated rings. The maximum absolute atomic E-state index is 5.08. The lowest BCUT2D eigenvalue weighted by Crippen LogP contribution is -1.76. The molecule has 0 saturated heterocycles. The van der Waals surface area contributed by atoms with Crippen molar-refractivity contribution < 1.29 is 0 Å². The van der Waals surface area contributed by atoms with Crippen LogP contribution in [-0.4, -0.2) is 4.98 Å². The zero-order valence-electron chi connectivity index (χ0n) is 5.79. The number of benzene rings is 1. The molecule has 0 aliphatic rings. The highest BCUT2D eigenvalue weighted by atomic mass is 32.1. The van der Waals surface area contributed by atoms with Crippen molar-refractivity contribution in [2.45, 2.75) is 0 Å². The van der Waals surface area contributed by atoms with Crippen LogP contribution < -0.4 is 0 Å². The average molecular weight is 160 g/mol. The van der Waals surface area contributed by atoms with Gasteiger partial charge in [0.05, 0.1) is 0 Å². The molecule has 1 N–H and O–H groups in total. The normalized spacial score (nSPS) is 10.2. The van der Waals surface area contributed by atoms with Gasteiger partial charge in [-0.15, -0.1) is 0 Å². The Kier molecular flexibility index (Phi) is 1.47. The molecule has 0 amide bonds. The van der Waals surface area contributed by atoms with Gasteiger partial charge >= 0.3 is 0 Å². The van der Waals surface area contributed by atoms with Crippen LogP contribution in [0.25, 0.3) is 10.8 Å². The van der Waals surface area contributed by atoms with Crippen LogP contribution in [0.3, 0.4) is 0 Å². The van der Waals surface area contributed by atoms with Crippen molar-refractivity contribution in [2.24, 2.45) is 0 Å². The summed E-state index contributed by atoms with van der Waals surface area (Å²) in [6.45, 7) is 0. The van der Waals surface area contributed by atoms with E-state index in [0.717, 1.165) is 15.4 Å². The number of rotatable bonds is 0. The molecule has 1 aromatic heterocycles. The number of aromatic amines is 1. The molecule has 0 aliphatic heterocycles. The Morgan fingerprint density at radius 2 is 2.27 bits per heavy atom. The van der Waals surface area contributed by atoms with Gasteiger partial charge in [-0.1, -0.05) is 30.4 Å². The molecule has 1 heterocycles. The lowest BCUT2D eigenvalue weighted by Gasteiger charge is -1.93. The van der Waals surface area contributed by atoms with Gasteiger partial charge in [0.1, 0.15) is 4.64 Å². The van der Waals surface area contributed by atoms with Gasteiger partial charge in [-0.2, -0.15) is 0 Å². The summed E-state index contributed by atoms with van der Waals surface area (Å²) in [7, 11) is 0. The number of fused-ring (bicyclic) bond motifs is 1. The van der Waals surface area contributed by atoms with E-state index in [1.54, 1.807) is 0 Å². The highest BCUT2D eigenvalue weighted by molar-refractivity contribution is 7.71. The Balaban J connectivity index is 3.03. The van der Waals surface area contributed by atoms with Crippen molar-refractivity contribution >= 4 is 23.0 Å².